The van der Waals surface area contributed by atoms with Crippen molar-refractivity contribution in [1.82, 2.24) is 0 Å². The van der Waals surface area contributed by atoms with Crippen molar-refractivity contribution in [3.63, 3.8) is 0 Å². The number of ether oxygens (including phenoxy) is 1. The molecule has 0 spiro atoms. The molecule has 0 bridgehead atoms. The SMILES string of the molecule is O=C(CCCOc1ccccc1[N+](=O)[O-])Nc1cc(Cl)cc(Cl)c1. The van der Waals surface area contributed by atoms with Gasteiger partial charge in [0.05, 0.1) is 11.5 Å². The fraction of sp³-hybridized carbons (Fsp3) is 0.188. The van der Waals surface area contributed by atoms with E-state index in [4.69, 9.17) is 27.9 Å². The van der Waals surface area contributed by atoms with Gasteiger partial charge in [0, 0.05) is 28.2 Å². The van der Waals surface area contributed by atoms with Gasteiger partial charge in [0.25, 0.3) is 0 Å². The Morgan fingerprint density at radius 2 is 1.83 bits per heavy atom. The number of amides is 1. The van der Waals surface area contributed by atoms with Crippen molar-refractivity contribution in [2.24, 2.45) is 0 Å². The van der Waals surface area contributed by atoms with Crippen molar-refractivity contribution in [2.45, 2.75) is 12.8 Å². The van der Waals surface area contributed by atoms with Gasteiger partial charge in [-0.25, -0.2) is 0 Å². The van der Waals surface area contributed by atoms with Gasteiger partial charge in [-0.3, -0.25) is 14.9 Å². The summed E-state index contributed by atoms with van der Waals surface area (Å²) < 4.78 is 5.37. The predicted octanol–water partition coefficient (Wildman–Crippen LogP) is 4.70. The highest BCUT2D eigenvalue weighted by molar-refractivity contribution is 6.35. The lowest BCUT2D eigenvalue weighted by Crippen LogP contribution is -2.13. The van der Waals surface area contributed by atoms with E-state index >= 15 is 0 Å². The Bertz CT molecular complexity index is 732. The van der Waals surface area contributed by atoms with Crippen LogP contribution in [0.4, 0.5) is 11.4 Å². The third-order valence-electron chi connectivity index (χ3n) is 3.01. The first-order chi connectivity index (χ1) is 11.5. The molecule has 0 atom stereocenters. The van der Waals surface area contributed by atoms with Crippen LogP contribution >= 0.6 is 23.2 Å². The molecule has 0 aliphatic rings. The number of nitro groups is 1. The molecule has 126 valence electrons. The van der Waals surface area contributed by atoms with E-state index in [0.717, 1.165) is 0 Å². The molecule has 6 nitrogen and oxygen atoms in total. The van der Waals surface area contributed by atoms with Gasteiger partial charge in [0.15, 0.2) is 5.75 Å². The second-order valence-corrected chi connectivity index (χ2v) is 5.76. The number of para-hydroxylation sites is 2. The minimum atomic E-state index is -0.509. The summed E-state index contributed by atoms with van der Waals surface area (Å²) in [4.78, 5) is 22.2. The van der Waals surface area contributed by atoms with Crippen LogP contribution in [0, 0.1) is 10.1 Å². The molecule has 0 aromatic heterocycles. The number of nitrogens with zero attached hydrogens (tertiary/aromatic N) is 1. The molecular formula is C16H14Cl2N2O4. The van der Waals surface area contributed by atoms with Gasteiger partial charge in [-0.1, -0.05) is 35.3 Å². The maximum Gasteiger partial charge on any atom is 0.310 e. The maximum atomic E-state index is 11.9. The van der Waals surface area contributed by atoms with Crippen LogP contribution in [0.3, 0.4) is 0 Å². The summed E-state index contributed by atoms with van der Waals surface area (Å²) in [7, 11) is 0. The van der Waals surface area contributed by atoms with Crippen molar-refractivity contribution in [3.8, 4) is 5.75 Å². The summed E-state index contributed by atoms with van der Waals surface area (Å²) in [5.41, 5.74) is 0.410. The number of halogens is 2. The highest BCUT2D eigenvalue weighted by Crippen LogP contribution is 2.26. The number of carbonyl (C=O) groups excluding carboxylic acids is 1. The molecule has 24 heavy (non-hydrogen) atoms. The van der Waals surface area contributed by atoms with E-state index in [-0.39, 0.29) is 30.4 Å². The van der Waals surface area contributed by atoms with Crippen LogP contribution in [0.15, 0.2) is 42.5 Å². The monoisotopic (exact) mass is 368 g/mol. The summed E-state index contributed by atoms with van der Waals surface area (Å²) in [6, 6.07) is 10.9. The fourth-order valence-electron chi connectivity index (χ4n) is 1.99. The molecule has 0 aliphatic carbocycles. The lowest BCUT2D eigenvalue weighted by molar-refractivity contribution is -0.385. The predicted molar refractivity (Wildman–Crippen MR) is 92.9 cm³/mol. The molecule has 0 unspecified atom stereocenters. The van der Waals surface area contributed by atoms with Crippen molar-refractivity contribution in [3.05, 3.63) is 62.6 Å². The molecule has 2 aromatic carbocycles. The Hall–Kier alpha value is -2.31. The molecule has 8 heteroatoms. The van der Waals surface area contributed by atoms with Gasteiger partial charge in [-0.05, 0) is 30.7 Å². The van der Waals surface area contributed by atoms with Gasteiger partial charge in [0.2, 0.25) is 5.91 Å². The van der Waals surface area contributed by atoms with E-state index in [9.17, 15) is 14.9 Å². The first kappa shape index (κ1) is 18.0. The number of nitrogens with one attached hydrogen (secondary N) is 1. The zero-order chi connectivity index (χ0) is 17.5. The van der Waals surface area contributed by atoms with Gasteiger partial charge in [-0.2, -0.15) is 0 Å². The smallest absolute Gasteiger partial charge is 0.310 e. The quantitative estimate of drug-likeness (QED) is 0.436. The first-order valence-corrected chi connectivity index (χ1v) is 7.83. The van der Waals surface area contributed by atoms with Gasteiger partial charge in [0.1, 0.15) is 0 Å². The second-order valence-electron chi connectivity index (χ2n) is 4.88. The third-order valence-corrected chi connectivity index (χ3v) is 3.45. The molecule has 0 heterocycles. The first-order valence-electron chi connectivity index (χ1n) is 7.08. The summed E-state index contributed by atoms with van der Waals surface area (Å²) in [6.45, 7) is 0.189. The number of nitro benzene ring substituents is 1. The number of carbonyl (C=O) groups is 1. The van der Waals surface area contributed by atoms with E-state index in [1.54, 1.807) is 30.3 Å². The van der Waals surface area contributed by atoms with Crippen molar-refractivity contribution < 1.29 is 14.5 Å². The summed E-state index contributed by atoms with van der Waals surface area (Å²) in [6.07, 6.45) is 0.608. The average Bonchev–Trinajstić information content (AvgIpc) is 2.50. The van der Waals surface area contributed by atoms with E-state index in [1.165, 1.54) is 12.1 Å². The highest BCUT2D eigenvalue weighted by atomic mass is 35.5. The van der Waals surface area contributed by atoms with Gasteiger partial charge in [-0.15, -0.1) is 0 Å². The zero-order valence-electron chi connectivity index (χ0n) is 12.5. The fourth-order valence-corrected chi connectivity index (χ4v) is 2.52. The Morgan fingerprint density at radius 1 is 1.17 bits per heavy atom. The Labute approximate surface area is 148 Å². The number of rotatable bonds is 7. The van der Waals surface area contributed by atoms with E-state index < -0.39 is 4.92 Å². The van der Waals surface area contributed by atoms with Crippen LogP contribution in [-0.2, 0) is 4.79 Å². The Morgan fingerprint density at radius 3 is 2.50 bits per heavy atom. The minimum absolute atomic E-state index is 0.101. The zero-order valence-corrected chi connectivity index (χ0v) is 14.0. The summed E-state index contributed by atoms with van der Waals surface area (Å²) in [5.74, 6) is -0.0379. The number of hydrogen-bond donors (Lipinski definition) is 1. The van der Waals surface area contributed by atoms with E-state index in [2.05, 4.69) is 5.32 Å². The lowest BCUT2D eigenvalue weighted by atomic mass is 10.2. The van der Waals surface area contributed by atoms with Crippen LogP contribution in [0.25, 0.3) is 0 Å². The largest absolute Gasteiger partial charge is 0.487 e. The normalized spacial score (nSPS) is 10.2. The lowest BCUT2D eigenvalue weighted by Gasteiger charge is -2.08. The van der Waals surface area contributed by atoms with E-state index in [1.807, 2.05) is 0 Å². The number of benzene rings is 2. The summed E-state index contributed by atoms with van der Waals surface area (Å²) >= 11 is 11.7. The molecule has 0 radical (unpaired) electrons. The highest BCUT2D eigenvalue weighted by Gasteiger charge is 2.13. The molecule has 0 fully saturated rings. The van der Waals surface area contributed by atoms with E-state index in [0.29, 0.717) is 22.2 Å². The molecule has 2 rings (SSSR count). The third kappa shape index (κ3) is 5.40. The average molecular weight is 369 g/mol. The Balaban J connectivity index is 1.80. The van der Waals surface area contributed by atoms with Crippen molar-refractivity contribution in [2.75, 3.05) is 11.9 Å². The second kappa shape index (κ2) is 8.52. The van der Waals surface area contributed by atoms with Crippen molar-refractivity contribution in [1.29, 1.82) is 0 Å². The maximum absolute atomic E-state index is 11.9. The van der Waals surface area contributed by atoms with Crippen LogP contribution < -0.4 is 10.1 Å². The molecular weight excluding hydrogens is 355 g/mol. The molecule has 1 amide bonds. The Kier molecular flexibility index (Phi) is 6.40. The standard InChI is InChI=1S/C16H14Cl2N2O4/c17-11-8-12(18)10-13(9-11)19-16(21)6-3-7-24-15-5-2-1-4-14(15)20(22)23/h1-2,4-5,8-10H,3,6-7H2,(H,19,21). The van der Waals surface area contributed by atoms with Crippen LogP contribution in [0.1, 0.15) is 12.8 Å². The number of hydrogen-bond acceptors (Lipinski definition) is 4. The van der Waals surface area contributed by atoms with Crippen LogP contribution in [0.5, 0.6) is 5.75 Å². The molecule has 0 saturated carbocycles. The van der Waals surface area contributed by atoms with Gasteiger partial charge >= 0.3 is 5.69 Å². The van der Waals surface area contributed by atoms with Crippen LogP contribution in [-0.4, -0.2) is 17.4 Å². The summed E-state index contributed by atoms with van der Waals surface area (Å²) in [5, 5.41) is 14.4. The topological polar surface area (TPSA) is 81.5 Å². The molecule has 0 aliphatic heterocycles. The molecule has 2 aromatic rings. The van der Waals surface area contributed by atoms with Crippen LogP contribution in [0.2, 0.25) is 10.0 Å². The van der Waals surface area contributed by atoms with Gasteiger partial charge < -0.3 is 10.1 Å². The minimum Gasteiger partial charge on any atom is -0.487 e. The molecule has 0 saturated heterocycles. The van der Waals surface area contributed by atoms with Crippen molar-refractivity contribution >= 4 is 40.5 Å². The number of anilines is 1. The molecule has 1 N–H and O–H groups in total.